The number of carbonyl (C=O) groups excluding carboxylic acids is 1. The lowest BCUT2D eigenvalue weighted by Crippen LogP contribution is -2.40. The van der Waals surface area contributed by atoms with E-state index in [-0.39, 0.29) is 23.7 Å². The van der Waals surface area contributed by atoms with E-state index in [9.17, 15) is 14.7 Å². The van der Waals surface area contributed by atoms with Crippen molar-refractivity contribution in [3.05, 3.63) is 28.8 Å². The van der Waals surface area contributed by atoms with Gasteiger partial charge in [-0.2, -0.15) is 0 Å². The number of phenols is 1. The maximum absolute atomic E-state index is 12.0. The molecule has 6 heteroatoms. The van der Waals surface area contributed by atoms with Crippen LogP contribution >= 0.6 is 11.6 Å². The van der Waals surface area contributed by atoms with Gasteiger partial charge in [0.2, 0.25) is 0 Å². The van der Waals surface area contributed by atoms with Gasteiger partial charge in [0.05, 0.1) is 12.0 Å². The third-order valence-electron chi connectivity index (χ3n) is 2.72. The first-order chi connectivity index (χ1) is 8.81. The Bertz CT molecular complexity index is 488. The van der Waals surface area contributed by atoms with Crippen LogP contribution in [0.4, 0.5) is 0 Å². The van der Waals surface area contributed by atoms with Gasteiger partial charge in [-0.15, -0.1) is 0 Å². The molecule has 0 aromatic heterocycles. The van der Waals surface area contributed by atoms with Gasteiger partial charge >= 0.3 is 5.97 Å². The lowest BCUT2D eigenvalue weighted by atomic mass is 10.0. The number of hydrogen-bond acceptors (Lipinski definition) is 3. The molecule has 104 valence electrons. The minimum Gasteiger partial charge on any atom is -0.507 e. The molecule has 19 heavy (non-hydrogen) atoms. The molecule has 0 bridgehead atoms. The third kappa shape index (κ3) is 4.44. The molecule has 0 aliphatic rings. The van der Waals surface area contributed by atoms with Crippen LogP contribution in [-0.4, -0.2) is 28.1 Å². The maximum Gasteiger partial charge on any atom is 0.305 e. The molecule has 1 amide bonds. The summed E-state index contributed by atoms with van der Waals surface area (Å²) >= 11 is 5.68. The van der Waals surface area contributed by atoms with E-state index in [2.05, 4.69) is 5.32 Å². The van der Waals surface area contributed by atoms with Gasteiger partial charge in [0.1, 0.15) is 5.75 Å². The molecule has 0 unspecified atom stereocenters. The number of carboxylic acids is 1. The number of phenolic OH excluding ortho intramolecular Hbond substituents is 1. The van der Waals surface area contributed by atoms with Crippen molar-refractivity contribution in [1.29, 1.82) is 0 Å². The van der Waals surface area contributed by atoms with Crippen LogP contribution in [0.5, 0.6) is 5.75 Å². The largest absolute Gasteiger partial charge is 0.507 e. The molecule has 0 saturated carbocycles. The van der Waals surface area contributed by atoms with Crippen molar-refractivity contribution >= 4 is 23.5 Å². The predicted molar refractivity (Wildman–Crippen MR) is 71.5 cm³/mol. The third-order valence-corrected chi connectivity index (χ3v) is 2.96. The Morgan fingerprint density at radius 3 is 2.47 bits per heavy atom. The molecule has 0 fully saturated rings. The molecule has 0 aliphatic heterocycles. The molecule has 3 N–H and O–H groups in total. The number of aliphatic carboxylic acids is 1. The summed E-state index contributed by atoms with van der Waals surface area (Å²) in [5, 5.41) is 21.3. The Morgan fingerprint density at radius 2 is 2.00 bits per heavy atom. The normalized spacial score (nSPS) is 12.2. The standard InChI is InChI=1S/C13H16ClNO4/c1-7(2)10(6-12(17)18)15-13(19)9-4-3-8(14)5-11(9)16/h3-5,7,10,16H,6H2,1-2H3,(H,15,19)(H,17,18)/t10-/m0/s1. The molecule has 0 aliphatic carbocycles. The molecular formula is C13H16ClNO4. The summed E-state index contributed by atoms with van der Waals surface area (Å²) in [6.07, 6.45) is -0.169. The minimum atomic E-state index is -0.987. The molecule has 1 aromatic carbocycles. The van der Waals surface area contributed by atoms with Gasteiger partial charge in [-0.25, -0.2) is 0 Å². The molecule has 0 saturated heterocycles. The van der Waals surface area contributed by atoms with Crippen LogP contribution in [0.25, 0.3) is 0 Å². The average Bonchev–Trinajstić information content (AvgIpc) is 2.26. The number of rotatable bonds is 5. The second-order valence-corrected chi connectivity index (χ2v) is 5.02. The number of halogens is 1. The monoisotopic (exact) mass is 285 g/mol. The molecule has 0 radical (unpaired) electrons. The van der Waals surface area contributed by atoms with Gasteiger partial charge in [-0.1, -0.05) is 25.4 Å². The van der Waals surface area contributed by atoms with E-state index in [1.807, 2.05) is 13.8 Å². The van der Waals surface area contributed by atoms with Crippen molar-refractivity contribution in [3.63, 3.8) is 0 Å². The van der Waals surface area contributed by atoms with E-state index in [1.165, 1.54) is 18.2 Å². The second kappa shape index (κ2) is 6.43. The highest BCUT2D eigenvalue weighted by atomic mass is 35.5. The first-order valence-corrected chi connectivity index (χ1v) is 6.20. The zero-order valence-electron chi connectivity index (χ0n) is 10.7. The zero-order valence-corrected chi connectivity index (χ0v) is 11.4. The van der Waals surface area contributed by atoms with Gasteiger partial charge in [0, 0.05) is 11.1 Å². The van der Waals surface area contributed by atoms with E-state index in [0.717, 1.165) is 0 Å². The lowest BCUT2D eigenvalue weighted by Gasteiger charge is -2.20. The second-order valence-electron chi connectivity index (χ2n) is 4.58. The van der Waals surface area contributed by atoms with E-state index in [4.69, 9.17) is 16.7 Å². The van der Waals surface area contributed by atoms with Crippen LogP contribution in [0.1, 0.15) is 30.6 Å². The van der Waals surface area contributed by atoms with E-state index < -0.39 is 17.9 Å². The molecule has 1 aromatic rings. The Balaban J connectivity index is 2.84. The summed E-state index contributed by atoms with van der Waals surface area (Å²) in [6.45, 7) is 3.63. The number of amides is 1. The number of carbonyl (C=O) groups is 2. The highest BCUT2D eigenvalue weighted by Crippen LogP contribution is 2.22. The topological polar surface area (TPSA) is 86.6 Å². The summed E-state index contributed by atoms with van der Waals surface area (Å²) in [5.41, 5.74) is 0.0699. The number of nitrogens with one attached hydrogen (secondary N) is 1. The van der Waals surface area contributed by atoms with Crippen molar-refractivity contribution in [1.82, 2.24) is 5.32 Å². The molecule has 1 atom stereocenters. The van der Waals surface area contributed by atoms with E-state index in [0.29, 0.717) is 5.02 Å². The summed E-state index contributed by atoms with van der Waals surface area (Å²) in [6, 6.07) is 3.64. The van der Waals surface area contributed by atoms with Gasteiger partial charge in [-0.3, -0.25) is 9.59 Å². The van der Waals surface area contributed by atoms with Crippen LogP contribution in [0.15, 0.2) is 18.2 Å². The number of carboxylic acid groups (broad SMARTS) is 1. The highest BCUT2D eigenvalue weighted by Gasteiger charge is 2.21. The fraction of sp³-hybridized carbons (Fsp3) is 0.385. The zero-order chi connectivity index (χ0) is 14.6. The summed E-state index contributed by atoms with van der Waals surface area (Å²) in [7, 11) is 0. The van der Waals surface area contributed by atoms with Gasteiger partial charge in [-0.05, 0) is 24.1 Å². The van der Waals surface area contributed by atoms with Crippen molar-refractivity contribution in [3.8, 4) is 5.75 Å². The fourth-order valence-corrected chi connectivity index (χ4v) is 1.75. The molecular weight excluding hydrogens is 270 g/mol. The Kier molecular flexibility index (Phi) is 5.18. The Morgan fingerprint density at radius 1 is 1.37 bits per heavy atom. The van der Waals surface area contributed by atoms with Crippen LogP contribution in [0, 0.1) is 5.92 Å². The maximum atomic E-state index is 12.0. The van der Waals surface area contributed by atoms with Crippen LogP contribution in [-0.2, 0) is 4.79 Å². The lowest BCUT2D eigenvalue weighted by molar-refractivity contribution is -0.137. The SMILES string of the molecule is CC(C)[C@H](CC(=O)O)NC(=O)c1ccc(Cl)cc1O. The molecule has 0 spiro atoms. The molecule has 0 heterocycles. The molecule has 1 rings (SSSR count). The molecule has 5 nitrogen and oxygen atoms in total. The van der Waals surface area contributed by atoms with Gasteiger partial charge in [0.25, 0.3) is 5.91 Å². The summed E-state index contributed by atoms with van der Waals surface area (Å²) in [5.74, 6) is -1.77. The van der Waals surface area contributed by atoms with Crippen molar-refractivity contribution < 1.29 is 19.8 Å². The summed E-state index contributed by atoms with van der Waals surface area (Å²) < 4.78 is 0. The fourth-order valence-electron chi connectivity index (χ4n) is 1.58. The van der Waals surface area contributed by atoms with Crippen LogP contribution in [0.3, 0.4) is 0 Å². The van der Waals surface area contributed by atoms with Crippen LogP contribution < -0.4 is 5.32 Å². The average molecular weight is 286 g/mol. The van der Waals surface area contributed by atoms with Gasteiger partial charge in [0.15, 0.2) is 0 Å². The number of aromatic hydroxyl groups is 1. The first-order valence-electron chi connectivity index (χ1n) is 5.82. The Hall–Kier alpha value is -1.75. The van der Waals surface area contributed by atoms with Gasteiger partial charge < -0.3 is 15.5 Å². The minimum absolute atomic E-state index is 0.0329. The first kappa shape index (κ1) is 15.3. The predicted octanol–water partition coefficient (Wildman–Crippen LogP) is 2.27. The van der Waals surface area contributed by atoms with E-state index in [1.54, 1.807) is 0 Å². The van der Waals surface area contributed by atoms with E-state index >= 15 is 0 Å². The van der Waals surface area contributed by atoms with Crippen molar-refractivity contribution in [2.24, 2.45) is 5.92 Å². The van der Waals surface area contributed by atoms with Crippen molar-refractivity contribution in [2.75, 3.05) is 0 Å². The summed E-state index contributed by atoms with van der Waals surface area (Å²) in [4.78, 5) is 22.7. The quantitative estimate of drug-likeness (QED) is 0.774. The number of benzene rings is 1. The smallest absolute Gasteiger partial charge is 0.305 e. The Labute approximate surface area is 116 Å². The van der Waals surface area contributed by atoms with Crippen molar-refractivity contribution in [2.45, 2.75) is 26.3 Å². The highest BCUT2D eigenvalue weighted by molar-refractivity contribution is 6.30. The number of hydrogen-bond donors (Lipinski definition) is 3. The van der Waals surface area contributed by atoms with Crippen LogP contribution in [0.2, 0.25) is 5.02 Å².